The van der Waals surface area contributed by atoms with Gasteiger partial charge in [0.2, 0.25) is 0 Å². The summed E-state index contributed by atoms with van der Waals surface area (Å²) in [6.45, 7) is 13.3. The van der Waals surface area contributed by atoms with E-state index < -0.39 is 15.9 Å². The summed E-state index contributed by atoms with van der Waals surface area (Å²) in [5.41, 5.74) is 0.862. The van der Waals surface area contributed by atoms with Crippen LogP contribution in [-0.2, 0) is 28.8 Å². The molecule has 300 valence electrons. The molecular weight excluding hydrogens is 819 g/mol. The van der Waals surface area contributed by atoms with Crippen molar-refractivity contribution in [3.63, 3.8) is 0 Å². The van der Waals surface area contributed by atoms with E-state index in [-0.39, 0.29) is 65.6 Å². The van der Waals surface area contributed by atoms with E-state index in [0.29, 0.717) is 41.6 Å². The third kappa shape index (κ3) is 10.7. The van der Waals surface area contributed by atoms with Crippen LogP contribution in [0.4, 0.5) is 0 Å². The zero-order valence-electron chi connectivity index (χ0n) is 32.7. The molecule has 3 fully saturated rings. The van der Waals surface area contributed by atoms with Gasteiger partial charge in [0.05, 0.1) is 66.6 Å². The Balaban J connectivity index is 1.13. The molecule has 3 heterocycles. The van der Waals surface area contributed by atoms with Crippen molar-refractivity contribution in [2.45, 2.75) is 133 Å². The van der Waals surface area contributed by atoms with Crippen LogP contribution in [0, 0.1) is 23.7 Å². The van der Waals surface area contributed by atoms with Crippen molar-refractivity contribution in [1.82, 2.24) is 0 Å². The summed E-state index contributed by atoms with van der Waals surface area (Å²) in [6, 6.07) is 15.5. The molecule has 2 unspecified atom stereocenters. The predicted octanol–water partition coefficient (Wildman–Crippen LogP) is 8.41. The van der Waals surface area contributed by atoms with Crippen LogP contribution in [0.1, 0.15) is 95.8 Å². The molecule has 0 saturated carbocycles. The van der Waals surface area contributed by atoms with Crippen LogP contribution in [0.15, 0.2) is 71.6 Å². The highest BCUT2D eigenvalue weighted by Gasteiger charge is 2.52. The van der Waals surface area contributed by atoms with Crippen molar-refractivity contribution in [3.05, 3.63) is 72.3 Å². The molecule has 1 N–H and O–H groups in total. The molecule has 54 heavy (non-hydrogen) atoms. The Bertz CT molecular complexity index is 1620. The van der Waals surface area contributed by atoms with Gasteiger partial charge in [-0.05, 0) is 98.2 Å². The molecule has 3 aliphatic heterocycles. The molecule has 0 aliphatic carbocycles. The molecule has 5 rings (SSSR count). The number of halogens is 1. The van der Waals surface area contributed by atoms with Crippen LogP contribution in [0.25, 0.3) is 0 Å². The number of aliphatic hydroxyl groups excluding tert-OH is 1. The van der Waals surface area contributed by atoms with Crippen LogP contribution in [-0.4, -0.2) is 85.6 Å². The Kier molecular flexibility index (Phi) is 15.5. The summed E-state index contributed by atoms with van der Waals surface area (Å²) in [6.07, 6.45) is 5.79. The number of rotatable bonds is 19. The molecule has 0 aromatic heterocycles. The molecule has 2 aromatic carbocycles. The fraction of sp³-hybridized carbons (Fsp3) is 0.651. The summed E-state index contributed by atoms with van der Waals surface area (Å²) in [5.74, 6) is 0.590. The number of esters is 1. The maximum Gasteiger partial charge on any atom is 0.338 e. The monoisotopic (exact) mass is 880 g/mol. The van der Waals surface area contributed by atoms with Gasteiger partial charge in [-0.25, -0.2) is 13.2 Å². The lowest BCUT2D eigenvalue weighted by molar-refractivity contribution is -0.155. The van der Waals surface area contributed by atoms with Gasteiger partial charge >= 0.3 is 5.97 Å². The highest BCUT2D eigenvalue weighted by Crippen LogP contribution is 2.46. The fourth-order valence-corrected chi connectivity index (χ4v) is 11.3. The molecule has 11 atom stereocenters. The average molecular weight is 881 g/mol. The van der Waals surface area contributed by atoms with Gasteiger partial charge in [0.1, 0.15) is 11.4 Å². The second kappa shape index (κ2) is 19.4. The molecule has 0 bridgehead atoms. The van der Waals surface area contributed by atoms with E-state index in [9.17, 15) is 18.3 Å². The Morgan fingerprint density at radius 3 is 2.41 bits per heavy atom. The zero-order valence-corrected chi connectivity index (χ0v) is 35.6. The Labute approximate surface area is 337 Å². The minimum Gasteiger partial charge on any atom is -0.497 e. The van der Waals surface area contributed by atoms with Crippen LogP contribution in [0.2, 0.25) is 0 Å². The minimum atomic E-state index is -3.54. The van der Waals surface area contributed by atoms with Gasteiger partial charge in [-0.15, -0.1) is 0 Å². The molecule has 3 saturated heterocycles. The van der Waals surface area contributed by atoms with Crippen LogP contribution < -0.4 is 4.74 Å². The first-order valence-electron chi connectivity index (χ1n) is 19.8. The number of sulfone groups is 1. The van der Waals surface area contributed by atoms with Gasteiger partial charge in [-0.1, -0.05) is 81.5 Å². The van der Waals surface area contributed by atoms with Gasteiger partial charge in [-0.3, -0.25) is 0 Å². The smallest absolute Gasteiger partial charge is 0.338 e. The van der Waals surface area contributed by atoms with Crippen molar-refractivity contribution in [2.75, 3.05) is 23.9 Å². The molecule has 0 radical (unpaired) electrons. The summed E-state index contributed by atoms with van der Waals surface area (Å²) in [5, 5.41) is 11.6. The number of carbonyl (C=O) groups excluding carboxylic acids is 1. The molecule has 0 amide bonds. The van der Waals surface area contributed by atoms with Gasteiger partial charge in [0.25, 0.3) is 0 Å². The first-order valence-corrected chi connectivity index (χ1v) is 23.0. The molecule has 0 spiro atoms. The van der Waals surface area contributed by atoms with E-state index in [1.54, 1.807) is 55.6 Å². The Hall–Kier alpha value is -2.03. The number of aliphatic hydroxyl groups is 1. The highest BCUT2D eigenvalue weighted by atomic mass is 127. The van der Waals surface area contributed by atoms with E-state index in [1.807, 2.05) is 6.07 Å². The quantitative estimate of drug-likeness (QED) is 0.0488. The van der Waals surface area contributed by atoms with Gasteiger partial charge < -0.3 is 28.8 Å². The van der Waals surface area contributed by atoms with Gasteiger partial charge in [0, 0.05) is 23.2 Å². The second-order valence-corrected chi connectivity index (χ2v) is 18.8. The minimum absolute atomic E-state index is 0.00689. The number of ether oxygens (including phenoxy) is 5. The number of carbonyl (C=O) groups is 1. The number of methoxy groups -OCH3 is 1. The largest absolute Gasteiger partial charge is 0.497 e. The molecule has 2 aromatic rings. The number of alkyl halides is 1. The van der Waals surface area contributed by atoms with Crippen molar-refractivity contribution < 1.29 is 42.0 Å². The van der Waals surface area contributed by atoms with Crippen LogP contribution >= 0.6 is 22.6 Å². The molecule has 3 aliphatic rings. The standard InChI is InChI=1S/C43H61IO9S/c1-7-28(2)22-39-31(5)37(26-54(47,48)36-13-9-8-10-14-36)40(52-39)24-38(45)30(4)29(3)23-34-19-20-41-43(27-44,53-34)25-35(51-41)12-11-21-50-42(46)32-15-17-33(49-6)18-16-32/h8-10,13-18,28-29,31,34-35,37-41,45H,4,7,11-12,19-27H2,1-3,5-6H3/t28-,29-,31-,34?,35+,37-,38-,39-,40?,41+,43-/m1/s1. The number of fused-ring (bicyclic) bond motifs is 1. The lowest BCUT2D eigenvalue weighted by Gasteiger charge is -2.42. The summed E-state index contributed by atoms with van der Waals surface area (Å²) < 4.78 is 58.6. The topological polar surface area (TPSA) is 118 Å². The predicted molar refractivity (Wildman–Crippen MR) is 219 cm³/mol. The molecule has 9 nitrogen and oxygen atoms in total. The van der Waals surface area contributed by atoms with Crippen LogP contribution in [0.3, 0.4) is 0 Å². The average Bonchev–Trinajstić information content (AvgIpc) is 3.68. The lowest BCUT2D eigenvalue weighted by Crippen LogP contribution is -2.50. The van der Waals surface area contributed by atoms with Crippen molar-refractivity contribution >= 4 is 38.4 Å². The van der Waals surface area contributed by atoms with Gasteiger partial charge in [0.15, 0.2) is 9.84 Å². The van der Waals surface area contributed by atoms with Crippen LogP contribution in [0.5, 0.6) is 5.75 Å². The maximum absolute atomic E-state index is 13.5. The number of hydrogen-bond acceptors (Lipinski definition) is 9. The van der Waals surface area contributed by atoms with E-state index in [0.717, 1.165) is 54.9 Å². The Morgan fingerprint density at radius 1 is 1.02 bits per heavy atom. The first-order chi connectivity index (χ1) is 25.8. The van der Waals surface area contributed by atoms with E-state index >= 15 is 0 Å². The number of hydrogen-bond donors (Lipinski definition) is 1. The second-order valence-electron chi connectivity index (χ2n) is 16.0. The molecular formula is C43H61IO9S. The van der Waals surface area contributed by atoms with E-state index in [4.69, 9.17) is 23.7 Å². The third-order valence-electron chi connectivity index (χ3n) is 12.2. The maximum atomic E-state index is 13.5. The zero-order chi connectivity index (χ0) is 39.0. The normalized spacial score (nSPS) is 29.9. The fourth-order valence-electron chi connectivity index (χ4n) is 8.51. The molecule has 11 heteroatoms. The van der Waals surface area contributed by atoms with E-state index in [1.165, 1.54) is 0 Å². The summed E-state index contributed by atoms with van der Waals surface area (Å²) >= 11 is 2.41. The third-order valence-corrected chi connectivity index (χ3v) is 15.3. The van der Waals surface area contributed by atoms with Gasteiger partial charge in [-0.2, -0.15) is 0 Å². The van der Waals surface area contributed by atoms with Crippen molar-refractivity contribution in [3.8, 4) is 5.75 Å². The van der Waals surface area contributed by atoms with Crippen molar-refractivity contribution in [2.24, 2.45) is 23.7 Å². The summed E-state index contributed by atoms with van der Waals surface area (Å²) in [7, 11) is -1.95. The number of benzene rings is 2. The van der Waals surface area contributed by atoms with Crippen molar-refractivity contribution in [1.29, 1.82) is 0 Å². The first kappa shape index (κ1) is 43.1. The SMILES string of the molecule is C=C([C@H](C)CC1CC[C@@H]2O[C@@H](CCCOC(=O)c3ccc(OC)cc3)C[C@]2(CI)O1)[C@H](O)CC1O[C@H](C[C@H](C)CC)[C@H](C)[C@H]1CS(=O)(=O)c1ccccc1. The van der Waals surface area contributed by atoms with E-state index in [2.05, 4.69) is 56.9 Å². The lowest BCUT2D eigenvalue weighted by atomic mass is 9.82. The summed E-state index contributed by atoms with van der Waals surface area (Å²) in [4.78, 5) is 12.8. The Morgan fingerprint density at radius 2 is 1.74 bits per heavy atom. The highest BCUT2D eigenvalue weighted by molar-refractivity contribution is 14.1.